The molecule has 4 rings (SSSR count). The second-order valence-electron chi connectivity index (χ2n) is 6.09. The van der Waals surface area contributed by atoms with Crippen molar-refractivity contribution in [2.45, 2.75) is 13.5 Å². The number of aromatic nitrogens is 3. The van der Waals surface area contributed by atoms with Crippen molar-refractivity contribution in [1.82, 2.24) is 14.6 Å². The number of fused-ring (bicyclic) bond motifs is 1. The Hall–Kier alpha value is -3.39. The van der Waals surface area contributed by atoms with Crippen molar-refractivity contribution >= 4 is 22.8 Å². The molecule has 3 heterocycles. The molecular formula is C20H17N3O4S. The van der Waals surface area contributed by atoms with Gasteiger partial charge < -0.3 is 14.6 Å². The van der Waals surface area contributed by atoms with Crippen LogP contribution in [0.5, 0.6) is 11.6 Å². The molecule has 1 aromatic carbocycles. The molecule has 0 unspecified atom stereocenters. The molecule has 0 aliphatic rings. The summed E-state index contributed by atoms with van der Waals surface area (Å²) in [7, 11) is 1.26. The first kappa shape index (κ1) is 18.0. The van der Waals surface area contributed by atoms with Gasteiger partial charge in [0, 0.05) is 12.3 Å². The molecule has 0 atom stereocenters. The lowest BCUT2D eigenvalue weighted by Crippen LogP contribution is -1.97. The Morgan fingerprint density at radius 2 is 2.04 bits per heavy atom. The highest BCUT2D eigenvalue weighted by Crippen LogP contribution is 2.37. The van der Waals surface area contributed by atoms with Gasteiger partial charge in [0.15, 0.2) is 4.88 Å². The molecule has 142 valence electrons. The lowest BCUT2D eigenvalue weighted by molar-refractivity contribution is 0.0603. The van der Waals surface area contributed by atoms with E-state index >= 15 is 0 Å². The van der Waals surface area contributed by atoms with E-state index in [1.165, 1.54) is 7.11 Å². The number of aromatic hydroxyl groups is 1. The first-order valence-corrected chi connectivity index (χ1v) is 9.32. The van der Waals surface area contributed by atoms with E-state index in [9.17, 15) is 9.90 Å². The van der Waals surface area contributed by atoms with Crippen LogP contribution in [0.15, 0.2) is 48.7 Å². The predicted octanol–water partition coefficient (Wildman–Crippen LogP) is 3.84. The van der Waals surface area contributed by atoms with Crippen molar-refractivity contribution < 1.29 is 19.4 Å². The van der Waals surface area contributed by atoms with E-state index in [1.54, 1.807) is 10.7 Å². The van der Waals surface area contributed by atoms with Crippen LogP contribution in [-0.2, 0) is 11.3 Å². The van der Waals surface area contributed by atoms with E-state index in [-0.39, 0.29) is 10.8 Å². The lowest BCUT2D eigenvalue weighted by atomic mass is 10.2. The first-order valence-electron chi connectivity index (χ1n) is 8.51. The molecule has 0 amide bonds. The van der Waals surface area contributed by atoms with E-state index in [0.717, 1.165) is 33.7 Å². The Bertz CT molecular complexity index is 1150. The van der Waals surface area contributed by atoms with Crippen molar-refractivity contribution in [3.05, 3.63) is 64.8 Å². The largest absolute Gasteiger partial charge is 0.492 e. The molecule has 1 N–H and O–H groups in total. The van der Waals surface area contributed by atoms with E-state index in [1.807, 2.05) is 49.4 Å². The Labute approximate surface area is 164 Å². The van der Waals surface area contributed by atoms with E-state index in [2.05, 4.69) is 14.8 Å². The summed E-state index contributed by atoms with van der Waals surface area (Å²) in [6, 6.07) is 13.6. The summed E-state index contributed by atoms with van der Waals surface area (Å²) in [5.41, 5.74) is 3.30. The van der Waals surface area contributed by atoms with Crippen LogP contribution in [0.1, 0.15) is 20.9 Å². The monoisotopic (exact) mass is 395 g/mol. The van der Waals surface area contributed by atoms with Gasteiger partial charge in [-0.1, -0.05) is 30.3 Å². The lowest BCUT2D eigenvalue weighted by Gasteiger charge is -2.07. The molecule has 7 nitrogen and oxygen atoms in total. The molecule has 0 aliphatic heterocycles. The maximum absolute atomic E-state index is 11.8. The van der Waals surface area contributed by atoms with Gasteiger partial charge in [0.25, 0.3) is 0 Å². The van der Waals surface area contributed by atoms with Crippen molar-refractivity contribution in [2.24, 2.45) is 0 Å². The molecule has 3 aromatic heterocycles. The van der Waals surface area contributed by atoms with Crippen LogP contribution >= 0.6 is 11.3 Å². The highest BCUT2D eigenvalue weighted by Gasteiger charge is 2.23. The minimum atomic E-state index is -0.623. The summed E-state index contributed by atoms with van der Waals surface area (Å²) in [6.45, 7) is 2.30. The van der Waals surface area contributed by atoms with E-state index in [4.69, 9.17) is 4.74 Å². The zero-order valence-corrected chi connectivity index (χ0v) is 16.1. The van der Waals surface area contributed by atoms with Crippen molar-refractivity contribution in [2.75, 3.05) is 7.11 Å². The van der Waals surface area contributed by atoms with Crippen LogP contribution in [0.2, 0.25) is 0 Å². The number of hydrogen-bond acceptors (Lipinski definition) is 7. The van der Waals surface area contributed by atoms with Gasteiger partial charge in [-0.15, -0.1) is 11.3 Å². The van der Waals surface area contributed by atoms with Crippen LogP contribution in [0, 0.1) is 6.92 Å². The van der Waals surface area contributed by atoms with Crippen molar-refractivity contribution in [3.8, 4) is 22.2 Å². The number of rotatable bonds is 5. The topological polar surface area (TPSA) is 86.0 Å². The summed E-state index contributed by atoms with van der Waals surface area (Å²) in [5, 5.41) is 15.0. The number of nitrogens with zero attached hydrogens (tertiary/aromatic N) is 3. The van der Waals surface area contributed by atoms with Crippen LogP contribution in [0.25, 0.3) is 16.1 Å². The fraction of sp³-hybridized carbons (Fsp3) is 0.150. The number of esters is 1. The number of aryl methyl sites for hydroxylation is 1. The van der Waals surface area contributed by atoms with Crippen molar-refractivity contribution in [3.63, 3.8) is 0 Å². The third-order valence-corrected chi connectivity index (χ3v) is 5.27. The fourth-order valence-electron chi connectivity index (χ4n) is 2.88. The number of methoxy groups -OCH3 is 1. The smallest absolute Gasteiger partial charge is 0.353 e. The number of pyridine rings is 1. The van der Waals surface area contributed by atoms with Crippen LogP contribution in [0.3, 0.4) is 0 Å². The Balaban J connectivity index is 1.71. The minimum Gasteiger partial charge on any atom is -0.492 e. The van der Waals surface area contributed by atoms with E-state index < -0.39 is 5.97 Å². The maximum Gasteiger partial charge on any atom is 0.353 e. The molecule has 0 fully saturated rings. The van der Waals surface area contributed by atoms with Gasteiger partial charge in [-0.2, -0.15) is 5.10 Å². The quantitative estimate of drug-likeness (QED) is 0.517. The fourth-order valence-corrected chi connectivity index (χ4v) is 3.87. The zero-order valence-electron chi connectivity index (χ0n) is 15.2. The molecule has 0 aliphatic carbocycles. The molecule has 28 heavy (non-hydrogen) atoms. The van der Waals surface area contributed by atoms with Crippen LogP contribution < -0.4 is 4.74 Å². The highest BCUT2D eigenvalue weighted by atomic mass is 32.1. The summed E-state index contributed by atoms with van der Waals surface area (Å²) >= 11 is 1.07. The van der Waals surface area contributed by atoms with Gasteiger partial charge in [-0.05, 0) is 18.6 Å². The molecule has 0 spiro atoms. The average molecular weight is 395 g/mol. The zero-order chi connectivity index (χ0) is 19.7. The van der Waals surface area contributed by atoms with E-state index in [0.29, 0.717) is 17.4 Å². The second kappa shape index (κ2) is 7.32. The highest BCUT2D eigenvalue weighted by molar-refractivity contribution is 7.17. The number of thiazole rings is 1. The van der Waals surface area contributed by atoms with Gasteiger partial charge in [-0.3, -0.25) is 0 Å². The Morgan fingerprint density at radius 3 is 2.79 bits per heavy atom. The number of benzene rings is 1. The summed E-state index contributed by atoms with van der Waals surface area (Å²) in [6.07, 6.45) is 1.81. The van der Waals surface area contributed by atoms with Gasteiger partial charge in [0.2, 0.25) is 5.88 Å². The minimum absolute atomic E-state index is 0.0627. The van der Waals surface area contributed by atoms with Crippen LogP contribution in [0.4, 0.5) is 0 Å². The molecule has 0 saturated carbocycles. The standard InChI is InChI=1S/C20H17N3O4S/c1-12-16(19-21-18(24)17(28-19)20(25)26-2)15-10-14(8-9-23(15)22-12)27-11-13-6-4-3-5-7-13/h3-10,24H,11H2,1-2H3. The third-order valence-electron chi connectivity index (χ3n) is 4.22. The SMILES string of the molecule is COC(=O)c1sc(-c2c(C)nn3ccc(OCc4ccccc4)cc23)nc1O. The first-order chi connectivity index (χ1) is 13.6. The summed E-state index contributed by atoms with van der Waals surface area (Å²) in [5.74, 6) is -0.282. The van der Waals surface area contributed by atoms with Gasteiger partial charge >= 0.3 is 5.97 Å². The predicted molar refractivity (Wildman–Crippen MR) is 105 cm³/mol. The number of carbonyl (C=O) groups excluding carboxylic acids is 1. The summed E-state index contributed by atoms with van der Waals surface area (Å²) in [4.78, 5) is 16.0. The van der Waals surface area contributed by atoms with Crippen molar-refractivity contribution in [1.29, 1.82) is 0 Å². The Kier molecular flexibility index (Phi) is 4.70. The maximum atomic E-state index is 11.8. The number of ether oxygens (including phenoxy) is 2. The Morgan fingerprint density at radius 1 is 1.25 bits per heavy atom. The second-order valence-corrected chi connectivity index (χ2v) is 7.09. The molecule has 0 saturated heterocycles. The summed E-state index contributed by atoms with van der Waals surface area (Å²) < 4.78 is 12.3. The molecular weight excluding hydrogens is 378 g/mol. The van der Waals surface area contributed by atoms with Crippen LogP contribution in [-0.4, -0.2) is 32.8 Å². The average Bonchev–Trinajstić information content (AvgIpc) is 3.24. The van der Waals surface area contributed by atoms with Gasteiger partial charge in [-0.25, -0.2) is 14.3 Å². The third kappa shape index (κ3) is 3.29. The van der Waals surface area contributed by atoms with Gasteiger partial charge in [0.05, 0.1) is 23.9 Å². The molecule has 8 heteroatoms. The molecule has 0 bridgehead atoms. The molecule has 4 aromatic rings. The normalized spacial score (nSPS) is 10.9. The number of hydrogen-bond donors (Lipinski definition) is 1. The van der Waals surface area contributed by atoms with Gasteiger partial charge in [0.1, 0.15) is 17.4 Å². The number of carbonyl (C=O) groups is 1. The molecule has 0 radical (unpaired) electrons.